The van der Waals surface area contributed by atoms with Crippen molar-refractivity contribution in [2.45, 2.75) is 33.2 Å². The lowest BCUT2D eigenvalue weighted by Gasteiger charge is -2.30. The van der Waals surface area contributed by atoms with E-state index in [4.69, 9.17) is 10.5 Å². The van der Waals surface area contributed by atoms with E-state index in [9.17, 15) is 4.79 Å². The van der Waals surface area contributed by atoms with Crippen LogP contribution in [0.4, 0.5) is 11.4 Å². The monoisotopic (exact) mass is 250 g/mol. The molecule has 0 aliphatic carbocycles. The van der Waals surface area contributed by atoms with Gasteiger partial charge in [0.1, 0.15) is 0 Å². The van der Waals surface area contributed by atoms with Crippen LogP contribution in [0.1, 0.15) is 37.6 Å². The molecule has 0 bridgehead atoms. The molecule has 1 rings (SSSR count). The third-order valence-electron chi connectivity index (χ3n) is 3.24. The number of esters is 1. The highest BCUT2D eigenvalue weighted by Gasteiger charge is 2.15. The standard InChI is InChI=1S/C14H22N2O2/c1-5-10(3)16(6-2)11-7-8-13(15)12(9-11)14(17)18-4/h7-10H,5-6,15H2,1-4H3. The molecule has 100 valence electrons. The molecule has 0 aliphatic rings. The smallest absolute Gasteiger partial charge is 0.340 e. The van der Waals surface area contributed by atoms with E-state index in [1.165, 1.54) is 7.11 Å². The number of ether oxygens (including phenoxy) is 1. The van der Waals surface area contributed by atoms with Crippen LogP contribution in [0.2, 0.25) is 0 Å². The maximum absolute atomic E-state index is 11.6. The second kappa shape index (κ2) is 6.28. The van der Waals surface area contributed by atoms with E-state index in [0.29, 0.717) is 17.3 Å². The van der Waals surface area contributed by atoms with Gasteiger partial charge in [-0.25, -0.2) is 4.79 Å². The number of carbonyl (C=O) groups is 1. The lowest BCUT2D eigenvalue weighted by atomic mass is 10.1. The Kier molecular flexibility index (Phi) is 5.01. The second-order valence-corrected chi connectivity index (χ2v) is 4.31. The number of methoxy groups -OCH3 is 1. The van der Waals surface area contributed by atoms with Crippen molar-refractivity contribution in [3.8, 4) is 0 Å². The molecule has 18 heavy (non-hydrogen) atoms. The summed E-state index contributed by atoms with van der Waals surface area (Å²) in [4.78, 5) is 13.9. The lowest BCUT2D eigenvalue weighted by molar-refractivity contribution is 0.0602. The number of nitrogens with zero attached hydrogens (tertiary/aromatic N) is 1. The molecule has 4 heteroatoms. The third kappa shape index (κ3) is 2.94. The number of hydrogen-bond acceptors (Lipinski definition) is 4. The minimum absolute atomic E-state index is 0.394. The molecular weight excluding hydrogens is 228 g/mol. The normalized spacial score (nSPS) is 12.0. The van der Waals surface area contributed by atoms with E-state index in [1.54, 1.807) is 12.1 Å². The van der Waals surface area contributed by atoms with Crippen LogP contribution in [-0.2, 0) is 4.74 Å². The Labute approximate surface area is 109 Å². The number of anilines is 2. The molecule has 4 nitrogen and oxygen atoms in total. The van der Waals surface area contributed by atoms with Crippen LogP contribution < -0.4 is 10.6 Å². The molecule has 0 radical (unpaired) electrons. The predicted octanol–water partition coefficient (Wildman–Crippen LogP) is 2.68. The zero-order chi connectivity index (χ0) is 13.7. The first-order valence-corrected chi connectivity index (χ1v) is 6.29. The van der Waals surface area contributed by atoms with E-state index < -0.39 is 5.97 Å². The van der Waals surface area contributed by atoms with Crippen LogP contribution in [-0.4, -0.2) is 25.7 Å². The molecule has 0 heterocycles. The maximum atomic E-state index is 11.6. The zero-order valence-electron chi connectivity index (χ0n) is 11.6. The number of rotatable bonds is 5. The molecule has 1 aromatic rings. The summed E-state index contributed by atoms with van der Waals surface area (Å²) in [5, 5.41) is 0. The quantitative estimate of drug-likeness (QED) is 0.645. The van der Waals surface area contributed by atoms with Gasteiger partial charge in [-0.1, -0.05) is 6.92 Å². The Morgan fingerprint density at radius 3 is 2.61 bits per heavy atom. The summed E-state index contributed by atoms with van der Waals surface area (Å²) in [6, 6.07) is 5.92. The Balaban J connectivity index is 3.14. The molecule has 0 aliphatic heterocycles. The average Bonchev–Trinajstić information content (AvgIpc) is 2.40. The maximum Gasteiger partial charge on any atom is 0.340 e. The van der Waals surface area contributed by atoms with Gasteiger partial charge >= 0.3 is 5.97 Å². The molecule has 0 spiro atoms. The van der Waals surface area contributed by atoms with E-state index in [1.807, 2.05) is 6.07 Å². The summed E-state index contributed by atoms with van der Waals surface area (Å²) in [7, 11) is 1.36. The Morgan fingerprint density at radius 1 is 1.44 bits per heavy atom. The van der Waals surface area contributed by atoms with Gasteiger partial charge in [0.05, 0.1) is 12.7 Å². The first-order valence-electron chi connectivity index (χ1n) is 6.29. The summed E-state index contributed by atoms with van der Waals surface area (Å²) >= 11 is 0. The first-order chi connectivity index (χ1) is 8.54. The largest absolute Gasteiger partial charge is 0.465 e. The summed E-state index contributed by atoms with van der Waals surface area (Å²) in [6.45, 7) is 7.30. The van der Waals surface area contributed by atoms with Crippen molar-refractivity contribution in [3.05, 3.63) is 23.8 Å². The number of benzene rings is 1. The zero-order valence-corrected chi connectivity index (χ0v) is 11.6. The van der Waals surface area contributed by atoms with Gasteiger partial charge in [0.25, 0.3) is 0 Å². The molecule has 0 aromatic heterocycles. The lowest BCUT2D eigenvalue weighted by Crippen LogP contribution is -2.32. The van der Waals surface area contributed by atoms with E-state index in [0.717, 1.165) is 18.7 Å². The summed E-state index contributed by atoms with van der Waals surface area (Å²) < 4.78 is 4.73. The van der Waals surface area contributed by atoms with Gasteiger partial charge in [0, 0.05) is 24.0 Å². The fourth-order valence-electron chi connectivity index (χ4n) is 1.98. The fourth-order valence-corrected chi connectivity index (χ4v) is 1.98. The van der Waals surface area contributed by atoms with Gasteiger partial charge in [0.2, 0.25) is 0 Å². The number of nitrogen functional groups attached to an aromatic ring is 1. The second-order valence-electron chi connectivity index (χ2n) is 4.31. The summed E-state index contributed by atoms with van der Waals surface area (Å²) in [5.74, 6) is -0.394. The topological polar surface area (TPSA) is 55.6 Å². The fraction of sp³-hybridized carbons (Fsp3) is 0.500. The highest BCUT2D eigenvalue weighted by atomic mass is 16.5. The molecular formula is C14H22N2O2. The van der Waals surface area contributed by atoms with Crippen LogP contribution in [0.15, 0.2) is 18.2 Å². The van der Waals surface area contributed by atoms with Crippen LogP contribution in [0.5, 0.6) is 0 Å². The minimum Gasteiger partial charge on any atom is -0.465 e. The average molecular weight is 250 g/mol. The van der Waals surface area contributed by atoms with Crippen LogP contribution in [0, 0.1) is 0 Å². The highest BCUT2D eigenvalue weighted by molar-refractivity contribution is 5.96. The van der Waals surface area contributed by atoms with Gasteiger partial charge < -0.3 is 15.4 Å². The molecule has 1 unspecified atom stereocenters. The molecule has 0 saturated heterocycles. The van der Waals surface area contributed by atoms with Gasteiger partial charge in [0.15, 0.2) is 0 Å². The molecule has 0 amide bonds. The van der Waals surface area contributed by atoms with Crippen molar-refractivity contribution in [2.75, 3.05) is 24.3 Å². The number of nitrogens with two attached hydrogens (primary N) is 1. The number of carbonyl (C=O) groups excluding carboxylic acids is 1. The van der Waals surface area contributed by atoms with Crippen LogP contribution >= 0.6 is 0 Å². The molecule has 1 atom stereocenters. The molecule has 1 aromatic carbocycles. The summed E-state index contributed by atoms with van der Waals surface area (Å²) in [6.07, 6.45) is 1.05. The van der Waals surface area contributed by atoms with Crippen molar-refractivity contribution in [2.24, 2.45) is 0 Å². The van der Waals surface area contributed by atoms with Crippen molar-refractivity contribution < 1.29 is 9.53 Å². The summed E-state index contributed by atoms with van der Waals surface area (Å²) in [5.41, 5.74) is 7.68. The van der Waals surface area contributed by atoms with E-state index >= 15 is 0 Å². The van der Waals surface area contributed by atoms with Crippen molar-refractivity contribution in [3.63, 3.8) is 0 Å². The van der Waals surface area contributed by atoms with Crippen molar-refractivity contribution in [1.29, 1.82) is 0 Å². The SMILES string of the molecule is CCC(C)N(CC)c1ccc(N)c(C(=O)OC)c1. The molecule has 0 fully saturated rings. The van der Waals surface area contributed by atoms with E-state index in [2.05, 4.69) is 25.7 Å². The minimum atomic E-state index is -0.394. The molecule has 0 saturated carbocycles. The van der Waals surface area contributed by atoms with Crippen LogP contribution in [0.3, 0.4) is 0 Å². The predicted molar refractivity (Wildman–Crippen MR) is 75.0 cm³/mol. The first kappa shape index (κ1) is 14.4. The third-order valence-corrected chi connectivity index (χ3v) is 3.24. The Morgan fingerprint density at radius 2 is 2.11 bits per heavy atom. The van der Waals surface area contributed by atoms with Crippen molar-refractivity contribution >= 4 is 17.3 Å². The van der Waals surface area contributed by atoms with Crippen LogP contribution in [0.25, 0.3) is 0 Å². The number of hydrogen-bond donors (Lipinski definition) is 1. The molecule has 2 N–H and O–H groups in total. The van der Waals surface area contributed by atoms with E-state index in [-0.39, 0.29) is 0 Å². The van der Waals surface area contributed by atoms with Gasteiger partial charge in [-0.05, 0) is 38.5 Å². The van der Waals surface area contributed by atoms with Crippen molar-refractivity contribution in [1.82, 2.24) is 0 Å². The highest BCUT2D eigenvalue weighted by Crippen LogP contribution is 2.24. The van der Waals surface area contributed by atoms with Gasteiger partial charge in [-0.3, -0.25) is 0 Å². The Bertz CT molecular complexity index is 418. The van der Waals surface area contributed by atoms with Gasteiger partial charge in [-0.2, -0.15) is 0 Å². The Hall–Kier alpha value is -1.71. The van der Waals surface area contributed by atoms with Gasteiger partial charge in [-0.15, -0.1) is 0 Å².